The Hall–Kier alpha value is -2.10. The number of benzene rings is 1. The average molecular weight is 270 g/mol. The molecule has 20 heavy (non-hydrogen) atoms. The third-order valence-corrected chi connectivity index (χ3v) is 4.33. The summed E-state index contributed by atoms with van der Waals surface area (Å²) in [5.41, 5.74) is 1.88. The van der Waals surface area contributed by atoms with Gasteiger partial charge in [-0.05, 0) is 18.4 Å². The number of carboxylic acids is 1. The summed E-state index contributed by atoms with van der Waals surface area (Å²) < 4.78 is 0. The number of hydrogen-bond acceptors (Lipinski definition) is 2. The third-order valence-electron chi connectivity index (χ3n) is 4.33. The van der Waals surface area contributed by atoms with Crippen molar-refractivity contribution in [3.05, 3.63) is 42.1 Å². The van der Waals surface area contributed by atoms with Crippen molar-refractivity contribution in [2.45, 2.75) is 37.5 Å². The van der Waals surface area contributed by atoms with E-state index < -0.39 is 11.4 Å². The minimum absolute atomic E-state index is 0.696. The summed E-state index contributed by atoms with van der Waals surface area (Å²) in [7, 11) is 0. The molecular weight excluding hydrogens is 252 g/mol. The predicted octanol–water partition coefficient (Wildman–Crippen LogP) is 3.36. The Labute approximate surface area is 117 Å². The Morgan fingerprint density at radius 3 is 2.50 bits per heavy atom. The first-order valence-corrected chi connectivity index (χ1v) is 7.07. The van der Waals surface area contributed by atoms with Crippen molar-refractivity contribution >= 4 is 5.97 Å². The highest BCUT2D eigenvalue weighted by molar-refractivity contribution is 5.84. The highest BCUT2D eigenvalue weighted by atomic mass is 16.4. The first-order chi connectivity index (χ1) is 9.74. The van der Waals surface area contributed by atoms with Crippen molar-refractivity contribution in [1.29, 1.82) is 0 Å². The first-order valence-electron chi connectivity index (χ1n) is 7.07. The molecule has 3 rings (SSSR count). The second-order valence-corrected chi connectivity index (χ2v) is 5.47. The van der Waals surface area contributed by atoms with E-state index >= 15 is 0 Å². The highest BCUT2D eigenvalue weighted by Crippen LogP contribution is 2.43. The highest BCUT2D eigenvalue weighted by Gasteiger charge is 2.43. The number of H-pyrrole nitrogens is 1. The summed E-state index contributed by atoms with van der Waals surface area (Å²) in [6.07, 6.45) is 6.14. The number of carbonyl (C=O) groups is 1. The van der Waals surface area contributed by atoms with Crippen LogP contribution in [0.5, 0.6) is 0 Å². The standard InChI is InChI=1S/C16H18N2O2/c19-15(20)16(9-5-2-6-10-16)13-11-17-18-14(13)12-7-3-1-4-8-12/h1,3-4,7-8,11H,2,5-6,9-10H2,(H,17,18)(H,19,20). The number of rotatable bonds is 3. The largest absolute Gasteiger partial charge is 0.481 e. The summed E-state index contributed by atoms with van der Waals surface area (Å²) in [6, 6.07) is 9.82. The van der Waals surface area contributed by atoms with E-state index in [0.717, 1.165) is 36.1 Å². The molecule has 1 saturated carbocycles. The molecule has 0 radical (unpaired) electrons. The fourth-order valence-corrected chi connectivity index (χ4v) is 3.23. The van der Waals surface area contributed by atoms with Gasteiger partial charge in [-0.15, -0.1) is 0 Å². The fraction of sp³-hybridized carbons (Fsp3) is 0.375. The van der Waals surface area contributed by atoms with Crippen molar-refractivity contribution in [3.63, 3.8) is 0 Å². The second-order valence-electron chi connectivity index (χ2n) is 5.47. The Kier molecular flexibility index (Phi) is 3.30. The monoisotopic (exact) mass is 270 g/mol. The number of nitrogens with one attached hydrogen (secondary N) is 1. The molecule has 0 saturated heterocycles. The van der Waals surface area contributed by atoms with Gasteiger partial charge in [0.1, 0.15) is 0 Å². The molecular formula is C16H18N2O2. The number of aliphatic carboxylic acids is 1. The molecule has 0 spiro atoms. The van der Waals surface area contributed by atoms with Gasteiger partial charge < -0.3 is 5.11 Å². The zero-order valence-corrected chi connectivity index (χ0v) is 11.3. The topological polar surface area (TPSA) is 66.0 Å². The van der Waals surface area contributed by atoms with Gasteiger partial charge in [-0.3, -0.25) is 9.89 Å². The van der Waals surface area contributed by atoms with Crippen molar-refractivity contribution in [2.75, 3.05) is 0 Å². The summed E-state index contributed by atoms with van der Waals surface area (Å²) in [5, 5.41) is 16.9. The van der Waals surface area contributed by atoms with Gasteiger partial charge in [0, 0.05) is 5.56 Å². The molecule has 1 heterocycles. The third kappa shape index (κ3) is 2.01. The van der Waals surface area contributed by atoms with Crippen LogP contribution in [0, 0.1) is 0 Å². The van der Waals surface area contributed by atoms with Crippen molar-refractivity contribution in [1.82, 2.24) is 10.2 Å². The van der Waals surface area contributed by atoms with Crippen LogP contribution in [0.1, 0.15) is 37.7 Å². The molecule has 1 aliphatic rings. The number of hydrogen-bond donors (Lipinski definition) is 2. The minimum atomic E-state index is -0.781. The van der Waals surface area contributed by atoms with Crippen LogP contribution >= 0.6 is 0 Å². The molecule has 1 aromatic heterocycles. The average Bonchev–Trinajstić information content (AvgIpc) is 2.98. The van der Waals surface area contributed by atoms with Crippen LogP contribution in [0.2, 0.25) is 0 Å². The van der Waals surface area contributed by atoms with Gasteiger partial charge in [-0.1, -0.05) is 49.6 Å². The zero-order valence-electron chi connectivity index (χ0n) is 11.3. The van der Waals surface area contributed by atoms with E-state index in [0.29, 0.717) is 12.8 Å². The zero-order chi connectivity index (χ0) is 14.0. The molecule has 1 aliphatic carbocycles. The smallest absolute Gasteiger partial charge is 0.314 e. The summed E-state index contributed by atoms with van der Waals surface area (Å²) >= 11 is 0. The first kappa shape index (κ1) is 12.9. The van der Waals surface area contributed by atoms with Crippen LogP contribution in [0.25, 0.3) is 11.3 Å². The normalized spacial score (nSPS) is 17.8. The Morgan fingerprint density at radius 2 is 1.85 bits per heavy atom. The molecule has 1 aromatic carbocycles. The maximum Gasteiger partial charge on any atom is 0.314 e. The van der Waals surface area contributed by atoms with E-state index in [9.17, 15) is 9.90 Å². The SMILES string of the molecule is O=C(O)C1(c2cn[nH]c2-c2ccccc2)CCCCC1. The van der Waals surface area contributed by atoms with Crippen LogP contribution in [0.15, 0.2) is 36.5 Å². The molecule has 0 aliphatic heterocycles. The minimum Gasteiger partial charge on any atom is -0.481 e. The molecule has 2 aromatic rings. The van der Waals surface area contributed by atoms with Crippen LogP contribution in [-0.4, -0.2) is 21.3 Å². The lowest BCUT2D eigenvalue weighted by Crippen LogP contribution is -2.38. The van der Waals surface area contributed by atoms with Crippen LogP contribution in [0.4, 0.5) is 0 Å². The number of aromatic amines is 1. The van der Waals surface area contributed by atoms with E-state index in [4.69, 9.17) is 0 Å². The summed E-state index contributed by atoms with van der Waals surface area (Å²) in [5.74, 6) is -0.726. The molecule has 0 atom stereocenters. The Balaban J connectivity index is 2.10. The fourth-order valence-electron chi connectivity index (χ4n) is 3.23. The maximum absolute atomic E-state index is 11.9. The van der Waals surface area contributed by atoms with Gasteiger partial charge in [0.25, 0.3) is 0 Å². The second kappa shape index (κ2) is 5.12. The molecule has 1 fully saturated rings. The van der Waals surface area contributed by atoms with Crippen molar-refractivity contribution in [3.8, 4) is 11.3 Å². The van der Waals surface area contributed by atoms with Gasteiger partial charge in [-0.25, -0.2) is 0 Å². The summed E-state index contributed by atoms with van der Waals surface area (Å²) in [6.45, 7) is 0. The van der Waals surface area contributed by atoms with Gasteiger partial charge >= 0.3 is 5.97 Å². The van der Waals surface area contributed by atoms with E-state index in [2.05, 4.69) is 10.2 Å². The van der Waals surface area contributed by atoms with Crippen molar-refractivity contribution < 1.29 is 9.90 Å². The molecule has 4 heteroatoms. The number of carboxylic acid groups (broad SMARTS) is 1. The van der Waals surface area contributed by atoms with E-state index in [1.165, 1.54) is 0 Å². The molecule has 0 bridgehead atoms. The molecule has 4 nitrogen and oxygen atoms in total. The van der Waals surface area contributed by atoms with Crippen molar-refractivity contribution in [2.24, 2.45) is 0 Å². The molecule has 2 N–H and O–H groups in total. The van der Waals surface area contributed by atoms with E-state index in [1.54, 1.807) is 6.20 Å². The van der Waals surface area contributed by atoms with Gasteiger partial charge in [0.15, 0.2) is 0 Å². The Morgan fingerprint density at radius 1 is 1.15 bits per heavy atom. The van der Waals surface area contributed by atoms with Crippen LogP contribution < -0.4 is 0 Å². The lowest BCUT2D eigenvalue weighted by Gasteiger charge is -2.33. The quantitative estimate of drug-likeness (QED) is 0.898. The molecule has 0 amide bonds. The predicted molar refractivity (Wildman–Crippen MR) is 76.4 cm³/mol. The van der Waals surface area contributed by atoms with Gasteiger partial charge in [0.2, 0.25) is 0 Å². The number of nitrogens with zero attached hydrogens (tertiary/aromatic N) is 1. The summed E-state index contributed by atoms with van der Waals surface area (Å²) in [4.78, 5) is 11.9. The Bertz CT molecular complexity index is 598. The van der Waals surface area contributed by atoms with Gasteiger partial charge in [-0.2, -0.15) is 5.10 Å². The molecule has 104 valence electrons. The van der Waals surface area contributed by atoms with Crippen LogP contribution in [-0.2, 0) is 10.2 Å². The number of aromatic nitrogens is 2. The van der Waals surface area contributed by atoms with Crippen LogP contribution in [0.3, 0.4) is 0 Å². The molecule has 0 unspecified atom stereocenters. The van der Waals surface area contributed by atoms with E-state index in [-0.39, 0.29) is 0 Å². The van der Waals surface area contributed by atoms with E-state index in [1.807, 2.05) is 30.3 Å². The maximum atomic E-state index is 11.9. The van der Waals surface area contributed by atoms with Gasteiger partial charge in [0.05, 0.1) is 17.3 Å². The lowest BCUT2D eigenvalue weighted by atomic mass is 9.69. The lowest BCUT2D eigenvalue weighted by molar-refractivity contribution is -0.145.